The molecule has 4 nitrogen and oxygen atoms in total. The van der Waals surface area contributed by atoms with Crippen molar-refractivity contribution in [3.8, 4) is 44.5 Å². The van der Waals surface area contributed by atoms with Crippen LogP contribution in [-0.4, -0.2) is 0 Å². The van der Waals surface area contributed by atoms with Crippen LogP contribution in [0.3, 0.4) is 0 Å². The van der Waals surface area contributed by atoms with Gasteiger partial charge in [0.05, 0.1) is 16.8 Å². The van der Waals surface area contributed by atoms with Crippen molar-refractivity contribution in [2.75, 3.05) is 9.80 Å². The minimum Gasteiger partial charge on any atom is -0.454 e. The van der Waals surface area contributed by atoms with Crippen molar-refractivity contribution < 1.29 is 8.83 Å². The Balaban J connectivity index is 0.825. The number of hydrogen-bond donors (Lipinski definition) is 0. The zero-order chi connectivity index (χ0) is 60.6. The summed E-state index contributed by atoms with van der Waals surface area (Å²) < 4.78 is 13.4. The van der Waals surface area contributed by atoms with Gasteiger partial charge in [0.25, 0.3) is 0 Å². The lowest BCUT2D eigenvalue weighted by Gasteiger charge is -2.33. The van der Waals surface area contributed by atoms with E-state index in [-0.39, 0.29) is 11.8 Å². The number of furan rings is 2. The largest absolute Gasteiger partial charge is 0.454 e. The second kappa shape index (κ2) is 20.4. The summed E-state index contributed by atoms with van der Waals surface area (Å²) in [7, 11) is 0. The summed E-state index contributed by atoms with van der Waals surface area (Å²) >= 11 is 0. The van der Waals surface area contributed by atoms with Crippen LogP contribution < -0.4 is 9.80 Å². The van der Waals surface area contributed by atoms with E-state index in [0.29, 0.717) is 0 Å². The van der Waals surface area contributed by atoms with Gasteiger partial charge in [-0.05, 0) is 208 Å². The Morgan fingerprint density at radius 3 is 1.10 bits per heavy atom. The molecule has 2 aliphatic rings. The van der Waals surface area contributed by atoms with E-state index in [1.165, 1.54) is 88.3 Å². The first-order valence-electron chi connectivity index (χ1n) is 31.9. The van der Waals surface area contributed by atoms with Crippen LogP contribution in [0.1, 0.15) is 72.9 Å². The molecule has 91 heavy (non-hydrogen) atoms. The van der Waals surface area contributed by atoms with E-state index in [2.05, 4.69) is 317 Å². The highest BCUT2D eigenvalue weighted by Crippen LogP contribution is 2.66. The Bertz CT molecular complexity index is 5280. The number of hydrogen-bond acceptors (Lipinski definition) is 4. The number of nitrogens with zero attached hydrogens (tertiary/aromatic N) is 2. The lowest BCUT2D eigenvalue weighted by Crippen LogP contribution is -2.26. The molecule has 2 aromatic heterocycles. The molecule has 0 saturated carbocycles. The summed E-state index contributed by atoms with van der Waals surface area (Å²) in [5.41, 5.74) is 27.1. The molecule has 0 amide bonds. The molecule has 0 N–H and O–H groups in total. The third kappa shape index (κ3) is 7.88. The van der Waals surface area contributed by atoms with Gasteiger partial charge < -0.3 is 18.6 Å². The monoisotopic (exact) mass is 1170 g/mol. The van der Waals surface area contributed by atoms with Crippen molar-refractivity contribution in [2.24, 2.45) is 0 Å². The van der Waals surface area contributed by atoms with Crippen LogP contribution in [0.2, 0.25) is 0 Å². The van der Waals surface area contributed by atoms with E-state index in [1.54, 1.807) is 0 Å². The van der Waals surface area contributed by atoms with Gasteiger partial charge in [-0.25, -0.2) is 0 Å². The molecule has 0 fully saturated rings. The van der Waals surface area contributed by atoms with Gasteiger partial charge in [0.2, 0.25) is 0 Å². The normalized spacial score (nSPS) is 12.9. The van der Waals surface area contributed by atoms with Crippen molar-refractivity contribution in [3.63, 3.8) is 0 Å². The molecule has 0 radical (unpaired) electrons. The molecule has 432 valence electrons. The van der Waals surface area contributed by atoms with Gasteiger partial charge in [0, 0.05) is 44.3 Å². The Labute approximate surface area is 529 Å². The maximum Gasteiger partial charge on any atom is 0.159 e. The van der Waals surface area contributed by atoms with Crippen molar-refractivity contribution in [2.45, 2.75) is 44.9 Å². The number of rotatable bonds is 10. The first kappa shape index (κ1) is 52.9. The predicted octanol–water partition coefficient (Wildman–Crippen LogP) is 24.7. The standard InChI is InChI=1S/C87H62N2O2/c1-53(2)71-51-75-76-52-72(54(3)4)74-50-58(56-24-20-30-62(48-56)89(60-27-9-6-10-28-60)80-40-22-36-70-66-34-14-18-42-82(66)91-86(70)80)44-46-68(74)84(76)87(77-37-15-11-31-63(77)64-32-12-16-38-78(64)87)83(75)67-45-43-57(49-73(67)71)55-23-19-29-61(47-55)88(59-25-7-5-8-26-59)79-39-21-35-69-65-33-13-17-41-81(65)90-85(69)79/h5-54H,1-4H3. The molecule has 16 aromatic rings. The van der Waals surface area contributed by atoms with Gasteiger partial charge in [-0.1, -0.05) is 222 Å². The van der Waals surface area contributed by atoms with Crippen molar-refractivity contribution in [1.82, 2.24) is 0 Å². The third-order valence-electron chi connectivity index (χ3n) is 19.7. The molecule has 2 heterocycles. The van der Waals surface area contributed by atoms with Gasteiger partial charge in [0.15, 0.2) is 11.2 Å². The molecule has 2 aliphatic carbocycles. The van der Waals surface area contributed by atoms with Crippen LogP contribution in [-0.2, 0) is 5.41 Å². The van der Waals surface area contributed by atoms with E-state index in [1.807, 2.05) is 12.1 Å². The zero-order valence-electron chi connectivity index (χ0n) is 51.1. The molecular weight excluding hydrogens is 1100 g/mol. The summed E-state index contributed by atoms with van der Waals surface area (Å²) in [6.07, 6.45) is 0. The average Bonchev–Trinajstić information content (AvgIpc) is 1.50. The highest BCUT2D eigenvalue weighted by Gasteiger charge is 2.54. The summed E-state index contributed by atoms with van der Waals surface area (Å²) in [5, 5.41) is 9.58. The van der Waals surface area contributed by atoms with Crippen LogP contribution in [0.25, 0.3) is 110 Å². The molecule has 14 aromatic carbocycles. The molecular formula is C87H62N2O2. The minimum absolute atomic E-state index is 0.239. The van der Waals surface area contributed by atoms with Crippen LogP contribution in [0.5, 0.6) is 0 Å². The van der Waals surface area contributed by atoms with E-state index < -0.39 is 5.41 Å². The van der Waals surface area contributed by atoms with Gasteiger partial charge in [-0.2, -0.15) is 0 Å². The summed E-state index contributed by atoms with van der Waals surface area (Å²) in [6, 6.07) is 108. The van der Waals surface area contributed by atoms with Crippen LogP contribution in [0.4, 0.5) is 34.1 Å². The summed E-state index contributed by atoms with van der Waals surface area (Å²) in [5.74, 6) is 0.478. The van der Waals surface area contributed by atoms with Gasteiger partial charge in [-0.15, -0.1) is 0 Å². The van der Waals surface area contributed by atoms with Crippen molar-refractivity contribution >= 4 is 99.5 Å². The average molecular weight is 1170 g/mol. The highest BCUT2D eigenvalue weighted by atomic mass is 16.3. The molecule has 0 saturated heterocycles. The first-order valence-corrected chi connectivity index (χ1v) is 31.9. The fourth-order valence-corrected chi connectivity index (χ4v) is 15.8. The molecule has 18 rings (SSSR count). The molecule has 4 heteroatoms. The molecule has 1 spiro atoms. The number of fused-ring (bicyclic) bond motifs is 20. The molecule has 0 unspecified atom stereocenters. The Hall–Kier alpha value is -11.2. The minimum atomic E-state index is -0.621. The third-order valence-corrected chi connectivity index (χ3v) is 19.7. The van der Waals surface area contributed by atoms with E-state index in [0.717, 1.165) is 89.1 Å². The highest BCUT2D eigenvalue weighted by molar-refractivity contribution is 6.14. The second-order valence-electron chi connectivity index (χ2n) is 25.4. The zero-order valence-corrected chi connectivity index (χ0v) is 51.1. The molecule has 0 bridgehead atoms. The maximum absolute atomic E-state index is 6.72. The van der Waals surface area contributed by atoms with Crippen LogP contribution in [0.15, 0.2) is 300 Å². The van der Waals surface area contributed by atoms with E-state index in [4.69, 9.17) is 8.83 Å². The Morgan fingerprint density at radius 2 is 0.648 bits per heavy atom. The SMILES string of the molecule is CC(C)c1cc2c(c3ccc(-c4cccc(N(c5ccccc5)c5cccc6c5oc5ccccc56)c4)cc13)C1(c3ccccc3-c3ccccc31)c1c-2cc(C(C)C)c2cc(-c3cccc(N(c4ccccc4)c4cccc5c4oc4ccccc45)c3)ccc12. The lowest BCUT2D eigenvalue weighted by atomic mass is 9.67. The van der Waals surface area contributed by atoms with Crippen LogP contribution >= 0.6 is 0 Å². The van der Waals surface area contributed by atoms with Gasteiger partial charge >= 0.3 is 0 Å². The Morgan fingerprint density at radius 1 is 0.275 bits per heavy atom. The summed E-state index contributed by atoms with van der Waals surface area (Å²) in [4.78, 5) is 4.69. The number of para-hydroxylation sites is 6. The fraction of sp³-hybridized carbons (Fsp3) is 0.0805. The topological polar surface area (TPSA) is 32.8 Å². The quantitative estimate of drug-likeness (QED) is 0.137. The number of anilines is 6. The van der Waals surface area contributed by atoms with Crippen molar-refractivity contribution in [3.05, 3.63) is 325 Å². The van der Waals surface area contributed by atoms with E-state index >= 15 is 0 Å². The predicted molar refractivity (Wildman–Crippen MR) is 381 cm³/mol. The van der Waals surface area contributed by atoms with Gasteiger partial charge in [-0.3, -0.25) is 0 Å². The lowest BCUT2D eigenvalue weighted by molar-refractivity contribution is 0.668. The van der Waals surface area contributed by atoms with E-state index in [9.17, 15) is 0 Å². The number of benzene rings is 14. The summed E-state index contributed by atoms with van der Waals surface area (Å²) in [6.45, 7) is 9.47. The van der Waals surface area contributed by atoms with Gasteiger partial charge in [0.1, 0.15) is 11.2 Å². The molecule has 0 aliphatic heterocycles. The van der Waals surface area contributed by atoms with Crippen molar-refractivity contribution in [1.29, 1.82) is 0 Å². The smallest absolute Gasteiger partial charge is 0.159 e. The Kier molecular flexibility index (Phi) is 11.9. The maximum atomic E-state index is 6.72. The van der Waals surface area contributed by atoms with Crippen LogP contribution in [0, 0.1) is 0 Å². The first-order chi connectivity index (χ1) is 44.8. The fourth-order valence-electron chi connectivity index (χ4n) is 15.8. The second-order valence-corrected chi connectivity index (χ2v) is 25.4. The molecule has 0 atom stereocenters.